The van der Waals surface area contributed by atoms with Crippen LogP contribution in [-0.4, -0.2) is 22.8 Å². The number of carbonyl (C=O) groups excluding carboxylic acids is 1. The summed E-state index contributed by atoms with van der Waals surface area (Å²) in [6.45, 7) is 1.28. The van der Waals surface area contributed by atoms with Gasteiger partial charge in [0.05, 0.1) is 37.3 Å². The summed E-state index contributed by atoms with van der Waals surface area (Å²) in [4.78, 5) is 16.1. The topological polar surface area (TPSA) is 47.4 Å². The second kappa shape index (κ2) is 8.34. The maximum absolute atomic E-state index is 14.1. The lowest BCUT2D eigenvalue weighted by molar-refractivity contribution is -0.120. The molecular weight excluding hydrogens is 458 g/mol. The Hall–Kier alpha value is -4.38. The van der Waals surface area contributed by atoms with Crippen molar-refractivity contribution < 1.29 is 9.53 Å². The Labute approximate surface area is 215 Å². The highest BCUT2D eigenvalue weighted by molar-refractivity contribution is 6.11. The lowest BCUT2D eigenvalue weighted by atomic mass is 9.91. The summed E-state index contributed by atoms with van der Waals surface area (Å²) in [5.74, 6) is 1.09. The van der Waals surface area contributed by atoms with E-state index in [0.717, 1.165) is 39.9 Å². The minimum Gasteiger partial charge on any atom is -0.497 e. The van der Waals surface area contributed by atoms with Gasteiger partial charge < -0.3 is 9.64 Å². The Morgan fingerprint density at radius 1 is 0.892 bits per heavy atom. The number of amides is 1. The lowest BCUT2D eigenvalue weighted by Gasteiger charge is -2.18. The molecule has 1 aliphatic carbocycles. The van der Waals surface area contributed by atoms with Crippen molar-refractivity contribution in [2.75, 3.05) is 12.0 Å². The molecule has 2 atom stereocenters. The highest BCUT2D eigenvalue weighted by Gasteiger charge is 2.67. The van der Waals surface area contributed by atoms with E-state index in [1.54, 1.807) is 7.11 Å². The standard InChI is InChI=1S/C32H27N3O2/c1-37-26-14-15-29-27(17-26)32(31(36)34(29)20-22-8-4-2-5-9-22)18-28(32)24-12-13-25-19-33-35(30(25)16-24)21-23-10-6-3-7-11-23/h2-17,19,28H,18,20-21H2,1H3/t28-,32-/m0/s1. The predicted molar refractivity (Wildman–Crippen MR) is 145 cm³/mol. The van der Waals surface area contributed by atoms with E-state index in [0.29, 0.717) is 13.1 Å². The second-order valence-corrected chi connectivity index (χ2v) is 10.1. The van der Waals surface area contributed by atoms with Gasteiger partial charge in [-0.1, -0.05) is 72.8 Å². The SMILES string of the molecule is COc1ccc2c(c1)[C@]1(C[C@H]1c1ccc3cnn(Cc4ccccc4)c3c1)C(=O)N2Cc1ccccc1. The molecule has 0 bridgehead atoms. The van der Waals surface area contributed by atoms with Gasteiger partial charge >= 0.3 is 0 Å². The number of ether oxygens (including phenoxy) is 1. The number of aromatic nitrogens is 2. The highest BCUT2D eigenvalue weighted by atomic mass is 16.5. The van der Waals surface area contributed by atoms with Crippen molar-refractivity contribution in [2.45, 2.75) is 30.8 Å². The third kappa shape index (κ3) is 3.45. The largest absolute Gasteiger partial charge is 0.497 e. The number of carbonyl (C=O) groups is 1. The Morgan fingerprint density at radius 3 is 2.35 bits per heavy atom. The summed E-state index contributed by atoms with van der Waals surface area (Å²) in [7, 11) is 1.68. The van der Waals surface area contributed by atoms with E-state index in [2.05, 4.69) is 70.4 Å². The minimum absolute atomic E-state index is 0.121. The van der Waals surface area contributed by atoms with E-state index >= 15 is 0 Å². The van der Waals surface area contributed by atoms with Crippen LogP contribution in [0.15, 0.2) is 103 Å². The van der Waals surface area contributed by atoms with Gasteiger partial charge in [-0.2, -0.15) is 5.10 Å². The summed E-state index contributed by atoms with van der Waals surface area (Å²) >= 11 is 0. The average Bonchev–Trinajstić information content (AvgIpc) is 3.53. The van der Waals surface area contributed by atoms with Crippen molar-refractivity contribution in [3.63, 3.8) is 0 Å². The van der Waals surface area contributed by atoms with Crippen molar-refractivity contribution in [2.24, 2.45) is 0 Å². The quantitative estimate of drug-likeness (QED) is 0.294. The molecule has 0 saturated heterocycles. The zero-order valence-electron chi connectivity index (χ0n) is 20.7. The third-order valence-electron chi connectivity index (χ3n) is 7.99. The van der Waals surface area contributed by atoms with Crippen LogP contribution in [0, 0.1) is 0 Å². The maximum atomic E-state index is 14.1. The van der Waals surface area contributed by atoms with Crippen LogP contribution in [0.25, 0.3) is 10.9 Å². The van der Waals surface area contributed by atoms with Gasteiger partial charge in [-0.05, 0) is 52.9 Å². The highest BCUT2D eigenvalue weighted by Crippen LogP contribution is 2.67. The van der Waals surface area contributed by atoms with E-state index < -0.39 is 5.41 Å². The van der Waals surface area contributed by atoms with Crippen LogP contribution in [0.3, 0.4) is 0 Å². The number of nitrogens with zero attached hydrogens (tertiary/aromatic N) is 3. The molecule has 182 valence electrons. The van der Waals surface area contributed by atoms with E-state index in [4.69, 9.17) is 4.74 Å². The summed E-state index contributed by atoms with van der Waals surface area (Å²) in [5, 5.41) is 5.77. The first-order valence-corrected chi connectivity index (χ1v) is 12.7. The van der Waals surface area contributed by atoms with Crippen molar-refractivity contribution in [1.29, 1.82) is 0 Å². The van der Waals surface area contributed by atoms with Crippen molar-refractivity contribution in [1.82, 2.24) is 9.78 Å². The molecule has 0 N–H and O–H groups in total. The molecule has 7 rings (SSSR count). The van der Waals surface area contributed by atoms with Gasteiger partial charge in [0, 0.05) is 17.0 Å². The van der Waals surface area contributed by atoms with E-state index in [1.807, 2.05) is 47.5 Å². The number of methoxy groups -OCH3 is 1. The predicted octanol–water partition coefficient (Wildman–Crippen LogP) is 6.07. The minimum atomic E-state index is -0.545. The zero-order valence-corrected chi connectivity index (χ0v) is 20.7. The van der Waals surface area contributed by atoms with Gasteiger partial charge in [0.2, 0.25) is 5.91 Å². The number of benzene rings is 4. The molecule has 5 heteroatoms. The molecule has 1 aromatic heterocycles. The first-order chi connectivity index (χ1) is 18.2. The van der Waals surface area contributed by atoms with Gasteiger partial charge in [-0.25, -0.2) is 0 Å². The summed E-state index contributed by atoms with van der Waals surface area (Å²) in [6.07, 6.45) is 2.73. The molecular formula is C32H27N3O2. The fraction of sp³-hybridized carbons (Fsp3) is 0.188. The average molecular weight is 486 g/mol. The maximum Gasteiger partial charge on any atom is 0.238 e. The Bertz CT molecular complexity index is 1630. The van der Waals surface area contributed by atoms with Crippen LogP contribution in [-0.2, 0) is 23.3 Å². The second-order valence-electron chi connectivity index (χ2n) is 10.1. The molecule has 5 aromatic rings. The lowest BCUT2D eigenvalue weighted by Crippen LogP contribution is -2.32. The van der Waals surface area contributed by atoms with Gasteiger partial charge in [0.25, 0.3) is 0 Å². The molecule has 1 saturated carbocycles. The monoisotopic (exact) mass is 485 g/mol. The molecule has 37 heavy (non-hydrogen) atoms. The number of hydrogen-bond acceptors (Lipinski definition) is 3. The fourth-order valence-corrected chi connectivity index (χ4v) is 6.01. The molecule has 0 radical (unpaired) electrons. The Balaban J connectivity index is 1.27. The molecule has 1 amide bonds. The number of fused-ring (bicyclic) bond motifs is 3. The summed E-state index contributed by atoms with van der Waals surface area (Å²) in [6, 6.07) is 33.2. The summed E-state index contributed by atoms with van der Waals surface area (Å²) in [5.41, 5.74) is 6.15. The molecule has 1 fully saturated rings. The van der Waals surface area contributed by atoms with E-state index in [-0.39, 0.29) is 11.8 Å². The smallest absolute Gasteiger partial charge is 0.238 e. The van der Waals surface area contributed by atoms with Crippen LogP contribution in [0.2, 0.25) is 0 Å². The van der Waals surface area contributed by atoms with Crippen LogP contribution in [0.4, 0.5) is 5.69 Å². The Kier molecular flexibility index (Phi) is 4.93. The van der Waals surface area contributed by atoms with Gasteiger partial charge in [-0.3, -0.25) is 9.48 Å². The van der Waals surface area contributed by atoms with E-state index in [9.17, 15) is 4.79 Å². The number of anilines is 1. The molecule has 5 nitrogen and oxygen atoms in total. The zero-order chi connectivity index (χ0) is 25.0. The normalized spacial score (nSPS) is 20.0. The van der Waals surface area contributed by atoms with Crippen molar-refractivity contribution in [3.8, 4) is 5.75 Å². The molecule has 2 aliphatic rings. The van der Waals surface area contributed by atoms with Crippen LogP contribution >= 0.6 is 0 Å². The van der Waals surface area contributed by atoms with Crippen LogP contribution < -0.4 is 9.64 Å². The first-order valence-electron chi connectivity index (χ1n) is 12.7. The summed E-state index contributed by atoms with van der Waals surface area (Å²) < 4.78 is 7.62. The molecule has 0 unspecified atom stereocenters. The van der Waals surface area contributed by atoms with Gasteiger partial charge in [0.15, 0.2) is 0 Å². The van der Waals surface area contributed by atoms with Crippen molar-refractivity contribution >= 4 is 22.5 Å². The van der Waals surface area contributed by atoms with Gasteiger partial charge in [-0.15, -0.1) is 0 Å². The number of hydrogen-bond donors (Lipinski definition) is 0. The van der Waals surface area contributed by atoms with Crippen molar-refractivity contribution in [3.05, 3.63) is 126 Å². The van der Waals surface area contributed by atoms with Crippen LogP contribution in [0.5, 0.6) is 5.75 Å². The Morgan fingerprint density at radius 2 is 1.62 bits per heavy atom. The van der Waals surface area contributed by atoms with E-state index in [1.165, 1.54) is 11.1 Å². The molecule has 4 aromatic carbocycles. The molecule has 2 heterocycles. The van der Waals surface area contributed by atoms with Gasteiger partial charge in [0.1, 0.15) is 5.75 Å². The van der Waals surface area contributed by atoms with Crippen LogP contribution in [0.1, 0.15) is 34.6 Å². The fourth-order valence-electron chi connectivity index (χ4n) is 6.01. The molecule has 1 spiro atoms. The third-order valence-corrected chi connectivity index (χ3v) is 7.99. The molecule has 1 aliphatic heterocycles. The number of rotatable bonds is 6. The first kappa shape index (κ1) is 21.9.